The molecule has 0 aliphatic carbocycles. The number of thiazole rings is 1. The van der Waals surface area contributed by atoms with Crippen LogP contribution in [-0.2, 0) is 6.42 Å². The van der Waals surface area contributed by atoms with Crippen LogP contribution in [0.1, 0.15) is 10.6 Å². The molecule has 0 spiro atoms. The summed E-state index contributed by atoms with van der Waals surface area (Å²) in [6, 6.07) is 10.8. The number of phenolic OH excluding ortho intramolecular Hbond substituents is 1. The van der Waals surface area contributed by atoms with E-state index < -0.39 is 0 Å². The van der Waals surface area contributed by atoms with Crippen molar-refractivity contribution in [2.24, 2.45) is 0 Å². The van der Waals surface area contributed by atoms with Crippen LogP contribution in [0, 0.1) is 0 Å². The third kappa shape index (κ3) is 2.64. The van der Waals surface area contributed by atoms with Gasteiger partial charge < -0.3 is 5.11 Å². The molecule has 3 heterocycles. The van der Waals surface area contributed by atoms with E-state index in [4.69, 9.17) is 0 Å². The predicted molar refractivity (Wildman–Crippen MR) is 91.4 cm³/mol. The summed E-state index contributed by atoms with van der Waals surface area (Å²) in [5.41, 5.74) is 1.92. The van der Waals surface area contributed by atoms with Crippen LogP contribution in [0.5, 0.6) is 5.75 Å². The van der Waals surface area contributed by atoms with Gasteiger partial charge in [-0.15, -0.1) is 22.7 Å². The van der Waals surface area contributed by atoms with Crippen molar-refractivity contribution in [1.29, 1.82) is 0 Å². The number of aromatic hydroxyl groups is 1. The molecule has 0 saturated heterocycles. The highest BCUT2D eigenvalue weighted by Crippen LogP contribution is 2.25. The largest absolute Gasteiger partial charge is 0.508 e. The number of benzene rings is 1. The summed E-state index contributed by atoms with van der Waals surface area (Å²) in [7, 11) is 0. The second kappa shape index (κ2) is 5.60. The van der Waals surface area contributed by atoms with Crippen LogP contribution >= 0.6 is 22.7 Å². The topological polar surface area (TPSA) is 67.5 Å². The van der Waals surface area contributed by atoms with Gasteiger partial charge in [0, 0.05) is 22.2 Å². The van der Waals surface area contributed by atoms with Gasteiger partial charge in [-0.25, -0.2) is 4.52 Å². The average Bonchev–Trinajstić information content (AvgIpc) is 3.18. The van der Waals surface area contributed by atoms with E-state index in [0.29, 0.717) is 17.1 Å². The molecule has 5 nitrogen and oxygen atoms in total. The highest BCUT2D eigenvalue weighted by molar-refractivity contribution is 7.15. The van der Waals surface area contributed by atoms with Crippen molar-refractivity contribution in [3.05, 3.63) is 68.1 Å². The number of hydrogen-bond donors (Lipinski definition) is 1. The highest BCUT2D eigenvalue weighted by Gasteiger charge is 2.12. The standard InChI is InChI=1S/C16H11N3O2S2/c20-11-5-3-10(4-6-11)14-9-23-16-17-15(21)13(18-19(14)16)8-12-2-1-7-22-12/h1-7,9,20H,8H2. The fourth-order valence-electron chi connectivity index (χ4n) is 2.31. The lowest BCUT2D eigenvalue weighted by Crippen LogP contribution is -2.18. The first kappa shape index (κ1) is 14.1. The predicted octanol–water partition coefficient (Wildman–Crippen LogP) is 3.18. The maximum absolute atomic E-state index is 12.1. The van der Waals surface area contributed by atoms with Crippen LogP contribution in [0.15, 0.2) is 52.0 Å². The lowest BCUT2D eigenvalue weighted by molar-refractivity contribution is 0.475. The van der Waals surface area contributed by atoms with Gasteiger partial charge in [0.25, 0.3) is 5.56 Å². The molecule has 1 N–H and O–H groups in total. The molecule has 114 valence electrons. The smallest absolute Gasteiger partial charge is 0.296 e. The number of thiophene rings is 1. The molecule has 4 aromatic rings. The van der Waals surface area contributed by atoms with E-state index in [-0.39, 0.29) is 11.3 Å². The number of hydrogen-bond acceptors (Lipinski definition) is 6. The monoisotopic (exact) mass is 341 g/mol. The third-order valence-corrected chi connectivity index (χ3v) is 5.13. The molecule has 0 fully saturated rings. The van der Waals surface area contributed by atoms with E-state index in [0.717, 1.165) is 16.1 Å². The second-order valence-corrected chi connectivity index (χ2v) is 6.85. The van der Waals surface area contributed by atoms with Gasteiger partial charge >= 0.3 is 0 Å². The van der Waals surface area contributed by atoms with Gasteiger partial charge in [-0.05, 0) is 35.7 Å². The van der Waals surface area contributed by atoms with E-state index in [9.17, 15) is 9.90 Å². The second-order valence-electron chi connectivity index (χ2n) is 4.98. The van der Waals surface area contributed by atoms with Gasteiger partial charge in [0.05, 0.1) is 5.69 Å². The van der Waals surface area contributed by atoms with E-state index in [1.54, 1.807) is 28.0 Å². The Labute approximate surface area is 139 Å². The molecule has 3 aromatic heterocycles. The Bertz CT molecular complexity index is 1020. The zero-order valence-electron chi connectivity index (χ0n) is 11.8. The van der Waals surface area contributed by atoms with E-state index in [1.165, 1.54) is 11.3 Å². The molecule has 0 radical (unpaired) electrons. The maximum atomic E-state index is 12.1. The summed E-state index contributed by atoms with van der Waals surface area (Å²) >= 11 is 2.97. The van der Waals surface area contributed by atoms with E-state index in [1.807, 2.05) is 35.0 Å². The molecular formula is C16H11N3O2S2. The minimum absolute atomic E-state index is 0.213. The SMILES string of the molecule is O=c1nc2scc(-c3ccc(O)cc3)n2nc1Cc1cccs1. The van der Waals surface area contributed by atoms with Gasteiger partial charge in [-0.3, -0.25) is 4.79 Å². The minimum atomic E-state index is -0.280. The Balaban J connectivity index is 1.84. The lowest BCUT2D eigenvalue weighted by atomic mass is 10.2. The lowest BCUT2D eigenvalue weighted by Gasteiger charge is -2.03. The molecule has 0 atom stereocenters. The molecule has 4 rings (SSSR count). The van der Waals surface area contributed by atoms with Crippen LogP contribution in [0.25, 0.3) is 16.2 Å². The number of nitrogens with zero attached hydrogens (tertiary/aromatic N) is 3. The molecule has 0 saturated carbocycles. The van der Waals surface area contributed by atoms with Crippen LogP contribution in [-0.4, -0.2) is 19.7 Å². The van der Waals surface area contributed by atoms with Crippen molar-refractivity contribution in [3.8, 4) is 17.0 Å². The Morgan fingerprint density at radius 2 is 1.96 bits per heavy atom. The van der Waals surface area contributed by atoms with Crippen molar-refractivity contribution in [2.75, 3.05) is 0 Å². The van der Waals surface area contributed by atoms with Gasteiger partial charge in [-0.2, -0.15) is 10.1 Å². The first-order valence-electron chi connectivity index (χ1n) is 6.90. The zero-order chi connectivity index (χ0) is 15.8. The minimum Gasteiger partial charge on any atom is -0.508 e. The molecule has 0 unspecified atom stereocenters. The molecule has 0 bridgehead atoms. The third-order valence-electron chi connectivity index (χ3n) is 3.43. The van der Waals surface area contributed by atoms with Crippen LogP contribution in [0.2, 0.25) is 0 Å². The fraction of sp³-hybridized carbons (Fsp3) is 0.0625. The van der Waals surface area contributed by atoms with Gasteiger partial charge in [0.2, 0.25) is 4.96 Å². The van der Waals surface area contributed by atoms with Crippen LogP contribution in [0.3, 0.4) is 0 Å². The molecule has 0 aliphatic rings. The first-order valence-corrected chi connectivity index (χ1v) is 8.66. The summed E-state index contributed by atoms with van der Waals surface area (Å²) in [4.78, 5) is 17.9. The summed E-state index contributed by atoms with van der Waals surface area (Å²) < 4.78 is 1.70. The molecular weight excluding hydrogens is 330 g/mol. The molecule has 1 aromatic carbocycles. The zero-order valence-corrected chi connectivity index (χ0v) is 13.5. The summed E-state index contributed by atoms with van der Waals surface area (Å²) in [6.45, 7) is 0. The molecule has 7 heteroatoms. The Morgan fingerprint density at radius 1 is 1.13 bits per heavy atom. The van der Waals surface area contributed by atoms with Crippen molar-refractivity contribution < 1.29 is 5.11 Å². The number of phenols is 1. The maximum Gasteiger partial charge on any atom is 0.296 e. The highest BCUT2D eigenvalue weighted by atomic mass is 32.1. The van der Waals surface area contributed by atoms with Crippen molar-refractivity contribution in [2.45, 2.75) is 6.42 Å². The van der Waals surface area contributed by atoms with Crippen molar-refractivity contribution in [1.82, 2.24) is 14.6 Å². The molecule has 23 heavy (non-hydrogen) atoms. The summed E-state index contributed by atoms with van der Waals surface area (Å²) in [6.07, 6.45) is 0.483. The first-order chi connectivity index (χ1) is 11.2. The van der Waals surface area contributed by atoms with Crippen molar-refractivity contribution in [3.63, 3.8) is 0 Å². The fourth-order valence-corrected chi connectivity index (χ4v) is 3.85. The Kier molecular flexibility index (Phi) is 3.44. The number of aromatic nitrogens is 3. The Hall–Kier alpha value is -2.51. The number of rotatable bonds is 3. The summed E-state index contributed by atoms with van der Waals surface area (Å²) in [5.74, 6) is 0.213. The normalized spacial score (nSPS) is 11.1. The molecule has 0 aliphatic heterocycles. The van der Waals surface area contributed by atoms with Gasteiger partial charge in [0.1, 0.15) is 11.4 Å². The molecule has 0 amide bonds. The summed E-state index contributed by atoms with van der Waals surface area (Å²) in [5, 5.41) is 17.8. The number of fused-ring (bicyclic) bond motifs is 1. The quantitative estimate of drug-likeness (QED) is 0.621. The van der Waals surface area contributed by atoms with E-state index >= 15 is 0 Å². The van der Waals surface area contributed by atoms with E-state index in [2.05, 4.69) is 10.1 Å². The van der Waals surface area contributed by atoms with Gasteiger partial charge in [-0.1, -0.05) is 6.07 Å². The van der Waals surface area contributed by atoms with Crippen LogP contribution in [0.4, 0.5) is 0 Å². The van der Waals surface area contributed by atoms with Crippen molar-refractivity contribution >= 4 is 27.6 Å². The van der Waals surface area contributed by atoms with Crippen LogP contribution < -0.4 is 5.56 Å². The average molecular weight is 341 g/mol. The van der Waals surface area contributed by atoms with Gasteiger partial charge in [0.15, 0.2) is 0 Å². The Morgan fingerprint density at radius 3 is 2.70 bits per heavy atom.